The number of amides is 2. The van der Waals surface area contributed by atoms with E-state index in [1.807, 2.05) is 49.1 Å². The summed E-state index contributed by atoms with van der Waals surface area (Å²) in [6.07, 6.45) is 6.51. The average molecular weight is 989 g/mol. The smallest absolute Gasteiger partial charge is 0.329 e. The number of pyridine rings is 1. The molecule has 1 unspecified atom stereocenters. The number of aryl methyl sites for hydroxylation is 3. The van der Waals surface area contributed by atoms with Crippen LogP contribution in [0.5, 0.6) is 6.01 Å². The van der Waals surface area contributed by atoms with Crippen molar-refractivity contribution in [3.8, 4) is 17.3 Å². The Hall–Kier alpha value is -6.11. The minimum absolute atomic E-state index is 0.0379. The van der Waals surface area contributed by atoms with E-state index < -0.39 is 29.0 Å². The number of aromatic nitrogens is 5. The number of nitrogens with zero attached hydrogens (tertiary/aromatic N) is 9. The summed E-state index contributed by atoms with van der Waals surface area (Å²) in [6, 6.07) is 12.1. The molecule has 5 aliphatic rings. The van der Waals surface area contributed by atoms with Gasteiger partial charge in [-0.1, -0.05) is 19.1 Å². The number of hydrogen-bond donors (Lipinski definition) is 2. The molecule has 4 aliphatic heterocycles. The summed E-state index contributed by atoms with van der Waals surface area (Å²) in [7, 11) is 1.69. The molecule has 7 heterocycles. The third-order valence-corrected chi connectivity index (χ3v) is 16.2. The van der Waals surface area contributed by atoms with E-state index in [1.54, 1.807) is 30.8 Å². The number of halogens is 3. The quantitative estimate of drug-likeness (QED) is 0.125. The van der Waals surface area contributed by atoms with Gasteiger partial charge < -0.3 is 24.5 Å². The summed E-state index contributed by atoms with van der Waals surface area (Å²) in [4.78, 5) is 60.8. The SMILES string of the molecule is CCc1c(F)ccc2cc(C)cc(-c3ncc4c(N5CCC[C@@](C)(O)C5)nc(OCC5(CN6CCC(F)(CN7CCN(c8ccc9c(c8)n(C)c(=O)n9C8CCC(=O)NC8=O)CC7)CC6)CC5)nc4c3F)c12. The lowest BCUT2D eigenvalue weighted by molar-refractivity contribution is -0.135. The van der Waals surface area contributed by atoms with Crippen molar-refractivity contribution in [2.75, 3.05) is 81.9 Å². The molecule has 18 heteroatoms. The first-order chi connectivity index (χ1) is 34.5. The minimum atomic E-state index is -1.31. The highest BCUT2D eigenvalue weighted by Crippen LogP contribution is 2.48. The van der Waals surface area contributed by atoms with Crippen LogP contribution in [0, 0.1) is 24.0 Å². The maximum Gasteiger partial charge on any atom is 0.329 e. The minimum Gasteiger partial charge on any atom is -0.463 e. The van der Waals surface area contributed by atoms with E-state index >= 15 is 13.2 Å². The maximum atomic E-state index is 17.2. The fraction of sp³-hybridized carbons (Fsp3) is 0.519. The summed E-state index contributed by atoms with van der Waals surface area (Å²) < 4.78 is 58.6. The molecule has 1 aliphatic carbocycles. The molecule has 0 radical (unpaired) electrons. The van der Waals surface area contributed by atoms with Gasteiger partial charge in [-0.05, 0) is 117 Å². The number of imidazole rings is 1. The van der Waals surface area contributed by atoms with Crippen LogP contribution in [-0.2, 0) is 23.1 Å². The van der Waals surface area contributed by atoms with E-state index in [0.29, 0.717) is 130 Å². The topological polar surface area (TPSA) is 154 Å². The molecule has 2 amide bonds. The van der Waals surface area contributed by atoms with Crippen LogP contribution in [0.25, 0.3) is 44.0 Å². The van der Waals surface area contributed by atoms with Gasteiger partial charge in [0.2, 0.25) is 11.8 Å². The fourth-order valence-electron chi connectivity index (χ4n) is 11.9. The number of piperidine rings is 3. The van der Waals surface area contributed by atoms with Crippen molar-refractivity contribution in [2.45, 2.75) is 95.9 Å². The summed E-state index contributed by atoms with van der Waals surface area (Å²) in [5.41, 5.74) is 1.53. The van der Waals surface area contributed by atoms with E-state index in [-0.39, 0.29) is 52.9 Å². The second-order valence-electron chi connectivity index (χ2n) is 21.7. The van der Waals surface area contributed by atoms with Crippen molar-refractivity contribution in [3.63, 3.8) is 0 Å². The van der Waals surface area contributed by atoms with Crippen LogP contribution < -0.4 is 25.5 Å². The van der Waals surface area contributed by atoms with Crippen LogP contribution in [0.1, 0.15) is 82.4 Å². The van der Waals surface area contributed by atoms with E-state index in [4.69, 9.17) is 14.7 Å². The number of carbonyl (C=O) groups excluding carboxylic acids is 2. The fourth-order valence-corrected chi connectivity index (χ4v) is 11.9. The number of rotatable bonds is 12. The number of likely N-dealkylation sites (tertiary alicyclic amines) is 1. The van der Waals surface area contributed by atoms with Gasteiger partial charge in [0.05, 0.1) is 28.6 Å². The van der Waals surface area contributed by atoms with Gasteiger partial charge in [-0.15, -0.1) is 0 Å². The van der Waals surface area contributed by atoms with Crippen molar-refractivity contribution in [3.05, 3.63) is 81.9 Å². The zero-order valence-corrected chi connectivity index (χ0v) is 41.6. The molecule has 5 fully saturated rings. The normalized spacial score (nSPS) is 22.8. The lowest BCUT2D eigenvalue weighted by atomic mass is 9.91. The molecule has 3 aromatic carbocycles. The van der Waals surface area contributed by atoms with Gasteiger partial charge in [0.1, 0.15) is 34.6 Å². The number of aliphatic hydroxyl groups is 1. The first-order valence-electron chi connectivity index (χ1n) is 25.6. The number of ether oxygens (including phenoxy) is 1. The summed E-state index contributed by atoms with van der Waals surface area (Å²) >= 11 is 0. The average Bonchev–Trinajstić information content (AvgIpc) is 4.08. The lowest BCUT2D eigenvalue weighted by Gasteiger charge is -2.43. The second kappa shape index (κ2) is 18.4. The van der Waals surface area contributed by atoms with Gasteiger partial charge in [0, 0.05) is 102 Å². The number of anilines is 2. The van der Waals surface area contributed by atoms with Crippen LogP contribution in [-0.4, -0.2) is 134 Å². The number of carbonyl (C=O) groups is 2. The number of alkyl halides is 1. The molecule has 3 aromatic heterocycles. The number of nitrogens with one attached hydrogen (secondary N) is 1. The lowest BCUT2D eigenvalue weighted by Crippen LogP contribution is -2.54. The van der Waals surface area contributed by atoms with E-state index in [1.165, 1.54) is 10.6 Å². The molecule has 72 heavy (non-hydrogen) atoms. The summed E-state index contributed by atoms with van der Waals surface area (Å²) in [5.74, 6) is -1.35. The van der Waals surface area contributed by atoms with Gasteiger partial charge in [-0.3, -0.25) is 33.9 Å². The van der Waals surface area contributed by atoms with Gasteiger partial charge in [-0.25, -0.2) is 18.0 Å². The first kappa shape index (κ1) is 48.2. The Labute approximate surface area is 415 Å². The van der Waals surface area contributed by atoms with E-state index in [0.717, 1.165) is 42.4 Å². The highest BCUT2D eigenvalue weighted by atomic mass is 19.1. The number of fused-ring (bicyclic) bond motifs is 3. The molecule has 15 nitrogen and oxygen atoms in total. The van der Waals surface area contributed by atoms with Gasteiger partial charge in [0.25, 0.3) is 0 Å². The highest BCUT2D eigenvalue weighted by Gasteiger charge is 2.47. The third kappa shape index (κ3) is 9.07. The van der Waals surface area contributed by atoms with Crippen molar-refractivity contribution in [1.82, 2.24) is 39.2 Å². The zero-order chi connectivity index (χ0) is 50.3. The summed E-state index contributed by atoms with van der Waals surface area (Å²) in [5, 5.41) is 15.3. The molecule has 1 saturated carbocycles. The first-order valence-corrected chi connectivity index (χ1v) is 25.6. The van der Waals surface area contributed by atoms with Crippen molar-refractivity contribution in [1.29, 1.82) is 0 Å². The highest BCUT2D eigenvalue weighted by molar-refractivity contribution is 6.02. The molecular weight excluding hydrogens is 926 g/mol. The molecule has 0 spiro atoms. The molecule has 2 N–H and O–H groups in total. The molecule has 0 bridgehead atoms. The van der Waals surface area contributed by atoms with Gasteiger partial charge in [-0.2, -0.15) is 9.97 Å². The molecule has 11 rings (SSSR count). The Morgan fingerprint density at radius 2 is 1.64 bits per heavy atom. The largest absolute Gasteiger partial charge is 0.463 e. The van der Waals surface area contributed by atoms with Crippen LogP contribution >= 0.6 is 0 Å². The van der Waals surface area contributed by atoms with Crippen LogP contribution in [0.3, 0.4) is 0 Å². The Morgan fingerprint density at radius 1 is 0.875 bits per heavy atom. The molecule has 2 atom stereocenters. The van der Waals surface area contributed by atoms with Gasteiger partial charge in [0.15, 0.2) is 5.82 Å². The maximum absolute atomic E-state index is 17.2. The Kier molecular flexibility index (Phi) is 12.3. The number of β-amino-alcohol motifs (C(OH)–C–C–N with tert-alkyl or cyclic N) is 1. The Morgan fingerprint density at radius 3 is 2.36 bits per heavy atom. The van der Waals surface area contributed by atoms with E-state index in [2.05, 4.69) is 25.0 Å². The van der Waals surface area contributed by atoms with Gasteiger partial charge >= 0.3 is 11.7 Å². The van der Waals surface area contributed by atoms with Crippen LogP contribution in [0.4, 0.5) is 24.7 Å². The zero-order valence-electron chi connectivity index (χ0n) is 41.6. The van der Waals surface area contributed by atoms with Crippen molar-refractivity contribution < 1.29 is 32.6 Å². The van der Waals surface area contributed by atoms with Crippen LogP contribution in [0.15, 0.2) is 53.5 Å². The predicted molar refractivity (Wildman–Crippen MR) is 270 cm³/mol. The standard InChI is InChI=1S/C54H63F3N10O5/c1-5-36-39(55)9-7-34-25-33(2)26-37(44(34)36)46-45(56)47-38(28-58-46)48(66-18-6-13-52(3,71)29-66)61-50(60-47)72-32-53(14-15-53)30-63-19-16-54(57,17-20-63)31-64-21-23-65(24-22-64)35-8-10-40-42(27-35)62(4)51(70)67(40)41-11-12-43(68)59-49(41)69/h7-10,25-28,41,71H,5-6,11-24,29-32H2,1-4H3,(H,59,68,69)/t41?,52-/m1/s1. The molecule has 380 valence electrons. The molecular formula is C54H63F3N10O5. The summed E-state index contributed by atoms with van der Waals surface area (Å²) in [6.45, 7) is 12.0. The third-order valence-electron chi connectivity index (χ3n) is 16.2. The second-order valence-corrected chi connectivity index (χ2v) is 21.7. The van der Waals surface area contributed by atoms with Crippen molar-refractivity contribution in [2.24, 2.45) is 12.5 Å². The number of benzene rings is 3. The number of hydrogen-bond acceptors (Lipinski definition) is 12. The Balaban J connectivity index is 0.745. The van der Waals surface area contributed by atoms with Crippen molar-refractivity contribution >= 4 is 56.0 Å². The number of piperazine rings is 1. The van der Waals surface area contributed by atoms with E-state index in [9.17, 15) is 19.5 Å². The van der Waals surface area contributed by atoms with Crippen LogP contribution in [0.2, 0.25) is 0 Å². The Bertz CT molecular complexity index is 3190. The predicted octanol–water partition coefficient (Wildman–Crippen LogP) is 6.76. The molecule has 6 aromatic rings. The number of imide groups is 1. The molecule has 4 saturated heterocycles. The monoisotopic (exact) mass is 988 g/mol.